The number of hydrogen-bond donors (Lipinski definition) is 0. The first-order valence-corrected chi connectivity index (χ1v) is 9.89. The van der Waals surface area contributed by atoms with Crippen molar-refractivity contribution in [3.63, 3.8) is 0 Å². The lowest BCUT2D eigenvalue weighted by Crippen LogP contribution is -2.11. The van der Waals surface area contributed by atoms with Crippen molar-refractivity contribution in [2.75, 3.05) is 11.5 Å². The largest absolute Gasteiger partial charge is 0.463 e. The van der Waals surface area contributed by atoms with Gasteiger partial charge in [0.05, 0.1) is 6.61 Å². The molecule has 29 heavy (non-hydrogen) atoms. The second-order valence-electron chi connectivity index (χ2n) is 7.10. The van der Waals surface area contributed by atoms with Crippen LogP contribution in [0.3, 0.4) is 0 Å². The fraction of sp³-hybridized carbons (Fsp3) is 0.192. The molecule has 0 aliphatic rings. The molecule has 0 spiro atoms. The maximum atomic E-state index is 11.1. The minimum absolute atomic E-state index is 0.368. The molecule has 0 heterocycles. The van der Waals surface area contributed by atoms with Crippen LogP contribution in [0.4, 0.5) is 17.1 Å². The molecular formula is C26H27NO2. The lowest BCUT2D eigenvalue weighted by Gasteiger charge is -2.27. The summed E-state index contributed by atoms with van der Waals surface area (Å²) >= 11 is 0. The molecule has 3 nitrogen and oxygen atoms in total. The van der Waals surface area contributed by atoms with Crippen LogP contribution in [0.5, 0.6) is 0 Å². The van der Waals surface area contributed by atoms with E-state index in [2.05, 4.69) is 98.1 Å². The Balaban J connectivity index is 1.82. The lowest BCUT2D eigenvalue weighted by atomic mass is 10.1. The number of hydrogen-bond acceptors (Lipinski definition) is 3. The number of anilines is 3. The van der Waals surface area contributed by atoms with Crippen LogP contribution >= 0.6 is 0 Å². The van der Waals surface area contributed by atoms with Crippen molar-refractivity contribution in [1.82, 2.24) is 0 Å². The van der Waals surface area contributed by atoms with E-state index in [-0.39, 0.29) is 5.97 Å². The normalized spacial score (nSPS) is 10.4. The number of aryl methyl sites for hydroxylation is 3. The number of carbonyl (C=O) groups excluding carboxylic acids is 1. The number of rotatable bonds is 8. The van der Waals surface area contributed by atoms with Gasteiger partial charge in [-0.25, -0.2) is 4.79 Å². The molecule has 0 saturated carbocycles. The molecule has 148 valence electrons. The minimum Gasteiger partial charge on any atom is -0.463 e. The third kappa shape index (κ3) is 5.35. The molecule has 0 atom stereocenters. The van der Waals surface area contributed by atoms with Crippen molar-refractivity contribution >= 4 is 23.0 Å². The smallest absolute Gasteiger partial charge is 0.330 e. The summed E-state index contributed by atoms with van der Waals surface area (Å²) < 4.78 is 5.05. The highest BCUT2D eigenvalue weighted by Gasteiger charge is 2.14. The molecule has 3 heteroatoms. The van der Waals surface area contributed by atoms with Crippen LogP contribution in [0.2, 0.25) is 0 Å². The molecule has 0 N–H and O–H groups in total. The highest BCUT2D eigenvalue weighted by Crippen LogP contribution is 2.36. The zero-order valence-electron chi connectivity index (χ0n) is 17.1. The molecule has 3 aromatic carbocycles. The molecule has 3 rings (SSSR count). The van der Waals surface area contributed by atoms with Crippen LogP contribution in [-0.2, 0) is 16.0 Å². The van der Waals surface area contributed by atoms with E-state index in [1.165, 1.54) is 28.5 Å². The van der Waals surface area contributed by atoms with Crippen LogP contribution < -0.4 is 4.90 Å². The van der Waals surface area contributed by atoms with E-state index in [1.54, 1.807) is 0 Å². The summed E-state index contributed by atoms with van der Waals surface area (Å²) in [4.78, 5) is 13.4. The molecule has 3 aromatic rings. The summed E-state index contributed by atoms with van der Waals surface area (Å²) in [6.07, 6.45) is 2.85. The fourth-order valence-electron chi connectivity index (χ4n) is 3.33. The van der Waals surface area contributed by atoms with E-state index in [1.807, 2.05) is 0 Å². The van der Waals surface area contributed by atoms with E-state index in [4.69, 9.17) is 4.74 Å². The summed E-state index contributed by atoms with van der Waals surface area (Å²) in [5.41, 5.74) is 7.10. The maximum absolute atomic E-state index is 11.1. The van der Waals surface area contributed by atoms with Crippen molar-refractivity contribution in [3.05, 3.63) is 102 Å². The summed E-state index contributed by atoms with van der Waals surface area (Å²) in [5.74, 6) is -0.368. The molecule has 0 saturated heterocycles. The van der Waals surface area contributed by atoms with Crippen molar-refractivity contribution < 1.29 is 9.53 Å². The van der Waals surface area contributed by atoms with E-state index >= 15 is 0 Å². The highest BCUT2D eigenvalue weighted by atomic mass is 16.5. The predicted molar refractivity (Wildman–Crippen MR) is 120 cm³/mol. The number of nitrogens with zero attached hydrogens (tertiary/aromatic N) is 1. The molecule has 0 amide bonds. The SMILES string of the molecule is C=CC(=O)OCCCc1ccc(N(c2cccc(C)c2)c2ccccc2C)cc1. The van der Waals surface area contributed by atoms with Gasteiger partial charge in [0.25, 0.3) is 0 Å². The average molecular weight is 386 g/mol. The Morgan fingerprint density at radius 1 is 0.966 bits per heavy atom. The zero-order chi connectivity index (χ0) is 20.6. The molecule has 0 unspecified atom stereocenters. The van der Waals surface area contributed by atoms with Gasteiger partial charge < -0.3 is 9.64 Å². The standard InChI is InChI=1S/C26H27NO2/c1-4-26(28)29-18-8-11-22-14-16-23(17-15-22)27(24-12-7-9-20(2)19-24)25-13-6-5-10-21(25)3/h4-7,9-10,12-17,19H,1,8,11,18H2,2-3H3. The fourth-order valence-corrected chi connectivity index (χ4v) is 3.33. The van der Waals surface area contributed by atoms with Crippen LogP contribution in [0, 0.1) is 13.8 Å². The van der Waals surface area contributed by atoms with Crippen LogP contribution in [-0.4, -0.2) is 12.6 Å². The average Bonchev–Trinajstić information content (AvgIpc) is 2.73. The quantitative estimate of drug-likeness (QED) is 0.254. The Morgan fingerprint density at radius 2 is 1.72 bits per heavy atom. The second kappa shape index (κ2) is 9.74. The van der Waals surface area contributed by atoms with Gasteiger partial charge in [-0.1, -0.05) is 49.0 Å². The highest BCUT2D eigenvalue weighted by molar-refractivity contribution is 5.81. The number of ether oxygens (including phenoxy) is 1. The molecular weight excluding hydrogens is 358 g/mol. The van der Waals surface area contributed by atoms with Gasteiger partial charge in [0.2, 0.25) is 0 Å². The second-order valence-corrected chi connectivity index (χ2v) is 7.10. The molecule has 0 radical (unpaired) electrons. The Bertz CT molecular complexity index is 976. The molecule has 0 aliphatic carbocycles. The Labute approximate surface area is 173 Å². The summed E-state index contributed by atoms with van der Waals surface area (Å²) in [7, 11) is 0. The summed E-state index contributed by atoms with van der Waals surface area (Å²) in [6.45, 7) is 8.06. The van der Waals surface area contributed by atoms with E-state index in [0.717, 1.165) is 24.2 Å². The minimum atomic E-state index is -0.368. The predicted octanol–water partition coefficient (Wildman–Crippen LogP) is 6.44. The van der Waals surface area contributed by atoms with E-state index < -0.39 is 0 Å². The first-order valence-electron chi connectivity index (χ1n) is 9.89. The van der Waals surface area contributed by atoms with Gasteiger partial charge in [-0.15, -0.1) is 0 Å². The first kappa shape index (κ1) is 20.4. The molecule has 0 bridgehead atoms. The van der Waals surface area contributed by atoms with Gasteiger partial charge >= 0.3 is 5.97 Å². The maximum Gasteiger partial charge on any atom is 0.330 e. The Morgan fingerprint density at radius 3 is 2.41 bits per heavy atom. The zero-order valence-corrected chi connectivity index (χ0v) is 17.1. The van der Waals surface area contributed by atoms with Gasteiger partial charge in [0, 0.05) is 23.1 Å². The van der Waals surface area contributed by atoms with Gasteiger partial charge in [0.1, 0.15) is 0 Å². The van der Waals surface area contributed by atoms with Gasteiger partial charge in [0.15, 0.2) is 0 Å². The Hall–Kier alpha value is -3.33. The third-order valence-electron chi connectivity index (χ3n) is 4.83. The van der Waals surface area contributed by atoms with E-state index in [0.29, 0.717) is 6.61 Å². The molecule has 0 fully saturated rings. The third-order valence-corrected chi connectivity index (χ3v) is 4.83. The van der Waals surface area contributed by atoms with Crippen molar-refractivity contribution in [2.45, 2.75) is 26.7 Å². The van der Waals surface area contributed by atoms with Crippen LogP contribution in [0.15, 0.2) is 85.5 Å². The van der Waals surface area contributed by atoms with Crippen molar-refractivity contribution in [1.29, 1.82) is 0 Å². The monoisotopic (exact) mass is 385 g/mol. The van der Waals surface area contributed by atoms with E-state index in [9.17, 15) is 4.79 Å². The van der Waals surface area contributed by atoms with Crippen LogP contribution in [0.1, 0.15) is 23.1 Å². The summed E-state index contributed by atoms with van der Waals surface area (Å²) in [6, 6.07) is 25.6. The van der Waals surface area contributed by atoms with Gasteiger partial charge in [-0.3, -0.25) is 0 Å². The lowest BCUT2D eigenvalue weighted by molar-refractivity contribution is -0.137. The molecule has 0 aromatic heterocycles. The van der Waals surface area contributed by atoms with Crippen molar-refractivity contribution in [3.8, 4) is 0 Å². The number of carbonyl (C=O) groups is 1. The van der Waals surface area contributed by atoms with Gasteiger partial charge in [-0.2, -0.15) is 0 Å². The Kier molecular flexibility index (Phi) is 6.85. The topological polar surface area (TPSA) is 29.5 Å². The van der Waals surface area contributed by atoms with Crippen LogP contribution in [0.25, 0.3) is 0 Å². The van der Waals surface area contributed by atoms with Gasteiger partial charge in [-0.05, 0) is 73.7 Å². The molecule has 0 aliphatic heterocycles. The number of para-hydroxylation sites is 1. The number of benzene rings is 3. The van der Waals surface area contributed by atoms with Crippen molar-refractivity contribution in [2.24, 2.45) is 0 Å². The first-order chi connectivity index (χ1) is 14.1. The summed E-state index contributed by atoms with van der Waals surface area (Å²) in [5, 5.41) is 0. The number of esters is 1.